The van der Waals surface area contributed by atoms with Crippen LogP contribution in [0.4, 0.5) is 0 Å². The van der Waals surface area contributed by atoms with Crippen LogP contribution in [0.25, 0.3) is 0 Å². The molecule has 1 heterocycles. The van der Waals surface area contributed by atoms with E-state index in [1.165, 1.54) is 84.4 Å². The molecular formula is C32H56N2O3. The molecule has 1 saturated heterocycles. The van der Waals surface area contributed by atoms with Crippen molar-refractivity contribution in [1.82, 2.24) is 10.2 Å². The lowest BCUT2D eigenvalue weighted by molar-refractivity contribution is -0.170. The highest BCUT2D eigenvalue weighted by Gasteiger charge is 2.63. The molecule has 0 aromatic rings. The summed E-state index contributed by atoms with van der Waals surface area (Å²) < 4.78 is 4.91. The van der Waals surface area contributed by atoms with E-state index < -0.39 is 0 Å². The molecule has 5 fully saturated rings. The van der Waals surface area contributed by atoms with Gasteiger partial charge in [-0.2, -0.15) is 0 Å². The van der Waals surface area contributed by atoms with Crippen molar-refractivity contribution in [1.29, 1.82) is 0 Å². The standard InChI is InChI=1S/C32H56N2O3/c1-21(8-13-30(36)37-5)26-11-12-27-25-10-9-22-19-23(33-17-15-24-7-6-18-34(24)4)14-16-31(22,2)28(25)20-29(35)32(26,27)3/h21-29,33,35H,6-20H2,1-5H3/t21-,22+,23-,24?,25?,26?,27?,28?,29+,31-,32+/m0/s1. The molecule has 1 aliphatic heterocycles. The third-order valence-electron chi connectivity index (χ3n) is 13.1. The largest absolute Gasteiger partial charge is 0.469 e. The molecule has 2 N–H and O–H groups in total. The lowest BCUT2D eigenvalue weighted by Crippen LogP contribution is -2.59. The van der Waals surface area contributed by atoms with Crippen molar-refractivity contribution < 1.29 is 14.6 Å². The van der Waals surface area contributed by atoms with Crippen LogP contribution in [0, 0.1) is 46.3 Å². The molecule has 0 bridgehead atoms. The van der Waals surface area contributed by atoms with Crippen LogP contribution < -0.4 is 5.32 Å². The summed E-state index contributed by atoms with van der Waals surface area (Å²) in [5.41, 5.74) is 0.399. The molecule has 37 heavy (non-hydrogen) atoms. The Morgan fingerprint density at radius 2 is 1.92 bits per heavy atom. The minimum atomic E-state index is -0.207. The van der Waals surface area contributed by atoms with Gasteiger partial charge in [-0.05, 0) is 144 Å². The molecule has 0 aromatic carbocycles. The van der Waals surface area contributed by atoms with Gasteiger partial charge >= 0.3 is 5.97 Å². The number of likely N-dealkylation sites (tertiary alicyclic amines) is 1. The van der Waals surface area contributed by atoms with Crippen molar-refractivity contribution in [3.63, 3.8) is 0 Å². The summed E-state index contributed by atoms with van der Waals surface area (Å²) >= 11 is 0. The SMILES string of the molecule is COC(=O)CC[C@H](C)C1CCC2C3CC[C@@H]4C[C@@H](NCCC5CCCN5C)CC[C@]4(C)C3C[C@@H](O)[C@@]21C. The number of hydrogen-bond donors (Lipinski definition) is 2. The number of carbonyl (C=O) groups is 1. The maximum Gasteiger partial charge on any atom is 0.305 e. The number of aliphatic hydroxyl groups is 1. The number of fused-ring (bicyclic) bond motifs is 5. The van der Waals surface area contributed by atoms with Crippen molar-refractivity contribution in [2.75, 3.05) is 27.2 Å². The second-order valence-corrected chi connectivity index (χ2v) is 14.5. The van der Waals surface area contributed by atoms with E-state index in [0.717, 1.165) is 30.7 Å². The average molecular weight is 517 g/mol. The predicted octanol–water partition coefficient (Wildman–Crippen LogP) is 5.65. The number of carbonyl (C=O) groups excluding carboxylic acids is 1. The van der Waals surface area contributed by atoms with Crippen molar-refractivity contribution in [2.45, 2.75) is 122 Å². The Labute approximate surface area is 226 Å². The minimum absolute atomic E-state index is 0.00601. The monoisotopic (exact) mass is 516 g/mol. The summed E-state index contributed by atoms with van der Waals surface area (Å²) in [6.07, 6.45) is 15.4. The molecule has 5 aliphatic rings. The summed E-state index contributed by atoms with van der Waals surface area (Å²) in [7, 11) is 3.78. The fourth-order valence-electron chi connectivity index (χ4n) is 10.8. The van der Waals surface area contributed by atoms with Gasteiger partial charge in [-0.1, -0.05) is 20.8 Å². The number of esters is 1. The van der Waals surface area contributed by atoms with Crippen LogP contribution in [-0.4, -0.2) is 61.4 Å². The molecular weight excluding hydrogens is 460 g/mol. The lowest BCUT2D eigenvalue weighted by Gasteiger charge is -2.62. The lowest BCUT2D eigenvalue weighted by atomic mass is 9.43. The quantitative estimate of drug-likeness (QED) is 0.408. The van der Waals surface area contributed by atoms with E-state index in [4.69, 9.17) is 4.74 Å². The van der Waals surface area contributed by atoms with Gasteiger partial charge in [-0.3, -0.25) is 4.79 Å². The summed E-state index contributed by atoms with van der Waals surface area (Å²) in [5, 5.41) is 15.8. The first-order chi connectivity index (χ1) is 17.7. The number of aliphatic hydroxyl groups excluding tert-OH is 1. The first-order valence-corrected chi connectivity index (χ1v) is 15.9. The van der Waals surface area contributed by atoms with Crippen molar-refractivity contribution in [3.05, 3.63) is 0 Å². The van der Waals surface area contributed by atoms with Crippen LogP contribution in [0.1, 0.15) is 104 Å². The maximum absolute atomic E-state index is 11.8. The average Bonchev–Trinajstić information content (AvgIpc) is 3.46. The van der Waals surface area contributed by atoms with E-state index in [1.54, 1.807) is 0 Å². The zero-order valence-electron chi connectivity index (χ0n) is 24.5. The van der Waals surface area contributed by atoms with Crippen LogP contribution >= 0.6 is 0 Å². The highest BCUT2D eigenvalue weighted by atomic mass is 16.5. The van der Waals surface area contributed by atoms with E-state index >= 15 is 0 Å². The Bertz CT molecular complexity index is 805. The third-order valence-corrected chi connectivity index (χ3v) is 13.1. The Balaban J connectivity index is 1.20. The maximum atomic E-state index is 11.8. The van der Waals surface area contributed by atoms with Gasteiger partial charge in [0, 0.05) is 18.5 Å². The molecule has 5 unspecified atom stereocenters. The van der Waals surface area contributed by atoms with Crippen molar-refractivity contribution in [3.8, 4) is 0 Å². The molecule has 0 spiro atoms. The molecule has 11 atom stereocenters. The van der Waals surface area contributed by atoms with Gasteiger partial charge in [0.05, 0.1) is 13.2 Å². The Kier molecular flexibility index (Phi) is 8.36. The van der Waals surface area contributed by atoms with E-state index in [1.807, 2.05) is 0 Å². The molecule has 5 nitrogen and oxygen atoms in total. The Hall–Kier alpha value is -0.650. The number of nitrogens with one attached hydrogen (secondary N) is 1. The van der Waals surface area contributed by atoms with E-state index in [2.05, 4.69) is 38.0 Å². The van der Waals surface area contributed by atoms with Crippen LogP contribution in [0.15, 0.2) is 0 Å². The predicted molar refractivity (Wildman–Crippen MR) is 149 cm³/mol. The molecule has 0 radical (unpaired) electrons. The zero-order valence-corrected chi connectivity index (χ0v) is 24.5. The van der Waals surface area contributed by atoms with Crippen molar-refractivity contribution in [2.24, 2.45) is 46.3 Å². The summed E-state index contributed by atoms with van der Waals surface area (Å²) in [6, 6.07) is 1.47. The highest BCUT2D eigenvalue weighted by molar-refractivity contribution is 5.69. The molecule has 212 valence electrons. The number of ether oxygens (including phenoxy) is 1. The molecule has 5 heteroatoms. The summed E-state index contributed by atoms with van der Waals surface area (Å²) in [5.74, 6) is 3.77. The Morgan fingerprint density at radius 3 is 2.65 bits per heavy atom. The number of rotatable bonds is 8. The fraction of sp³-hybridized carbons (Fsp3) is 0.969. The fourth-order valence-corrected chi connectivity index (χ4v) is 10.8. The van der Waals surface area contributed by atoms with E-state index in [-0.39, 0.29) is 17.5 Å². The normalized spacial score (nSPS) is 46.6. The topological polar surface area (TPSA) is 61.8 Å². The minimum Gasteiger partial charge on any atom is -0.469 e. The van der Waals surface area contributed by atoms with Crippen LogP contribution in [0.3, 0.4) is 0 Å². The van der Waals surface area contributed by atoms with Crippen LogP contribution in [0.5, 0.6) is 0 Å². The van der Waals surface area contributed by atoms with E-state index in [9.17, 15) is 9.90 Å². The second kappa shape index (κ2) is 11.1. The highest BCUT2D eigenvalue weighted by Crippen LogP contribution is 2.68. The van der Waals surface area contributed by atoms with Crippen LogP contribution in [-0.2, 0) is 9.53 Å². The Morgan fingerprint density at radius 1 is 1.11 bits per heavy atom. The number of hydrogen-bond acceptors (Lipinski definition) is 5. The summed E-state index contributed by atoms with van der Waals surface area (Å²) in [4.78, 5) is 14.3. The van der Waals surface area contributed by atoms with Gasteiger partial charge < -0.3 is 20.1 Å². The van der Waals surface area contributed by atoms with E-state index in [0.29, 0.717) is 41.5 Å². The molecule has 5 rings (SSSR count). The molecule has 0 amide bonds. The second-order valence-electron chi connectivity index (χ2n) is 14.5. The molecule has 0 aromatic heterocycles. The van der Waals surface area contributed by atoms with Gasteiger partial charge in [-0.15, -0.1) is 0 Å². The van der Waals surface area contributed by atoms with Gasteiger partial charge in [0.15, 0.2) is 0 Å². The van der Waals surface area contributed by atoms with Gasteiger partial charge in [0.2, 0.25) is 0 Å². The van der Waals surface area contributed by atoms with Crippen molar-refractivity contribution >= 4 is 5.97 Å². The van der Waals surface area contributed by atoms with Crippen LogP contribution in [0.2, 0.25) is 0 Å². The van der Waals surface area contributed by atoms with Gasteiger partial charge in [-0.25, -0.2) is 0 Å². The number of methoxy groups -OCH3 is 1. The third kappa shape index (κ3) is 5.04. The smallest absolute Gasteiger partial charge is 0.305 e. The summed E-state index contributed by atoms with van der Waals surface area (Å²) in [6.45, 7) is 9.79. The molecule has 4 saturated carbocycles. The van der Waals surface area contributed by atoms with Gasteiger partial charge in [0.1, 0.15) is 0 Å². The number of nitrogens with zero attached hydrogens (tertiary/aromatic N) is 1. The first-order valence-electron chi connectivity index (χ1n) is 15.9. The first kappa shape index (κ1) is 27.9. The zero-order chi connectivity index (χ0) is 26.4. The molecule has 4 aliphatic carbocycles. The van der Waals surface area contributed by atoms with Gasteiger partial charge in [0.25, 0.3) is 0 Å².